The maximum atomic E-state index is 6.10. The Labute approximate surface area is 122 Å². The van der Waals surface area contributed by atoms with Crippen LogP contribution in [0.4, 0.5) is 0 Å². The van der Waals surface area contributed by atoms with E-state index in [1.165, 1.54) is 0 Å². The molecule has 1 aliphatic heterocycles. The first-order valence-corrected chi connectivity index (χ1v) is 7.47. The Hall–Kier alpha value is -0.840. The largest absolute Gasteiger partial charge is 0.468 e. The summed E-state index contributed by atoms with van der Waals surface area (Å²) in [5.74, 6) is 0.993. The normalized spacial score (nSPS) is 23.6. The third-order valence-corrected chi connectivity index (χ3v) is 3.61. The second-order valence-electron chi connectivity index (χ2n) is 7.02. The molecule has 0 aliphatic carbocycles. The molecule has 114 valence electrons. The number of morpholine rings is 1. The fourth-order valence-electron chi connectivity index (χ4n) is 3.18. The molecule has 0 bridgehead atoms. The Bertz CT molecular complexity index is 396. The molecule has 0 amide bonds. The lowest BCUT2D eigenvalue weighted by Crippen LogP contribution is -2.58. The Morgan fingerprint density at radius 3 is 2.45 bits per heavy atom. The third-order valence-electron chi connectivity index (χ3n) is 3.61. The molecule has 4 nitrogen and oxygen atoms in total. The first kappa shape index (κ1) is 15.5. The molecule has 0 saturated carbocycles. The number of hydrogen-bond acceptors (Lipinski definition) is 4. The zero-order chi connectivity index (χ0) is 14.8. The van der Waals surface area contributed by atoms with Gasteiger partial charge in [-0.1, -0.05) is 0 Å². The lowest BCUT2D eigenvalue weighted by Gasteiger charge is -2.47. The van der Waals surface area contributed by atoms with Crippen LogP contribution in [0.15, 0.2) is 22.8 Å². The standard InChI is InChI=1S/C16H28N2O2/c1-13(14-7-6-10-19-14)17-8-9-18-11-15(2,3)20-16(4,5)12-18/h6-7,10,13,17H,8-9,11-12H2,1-5H3. The van der Waals surface area contributed by atoms with Crippen molar-refractivity contribution in [3.05, 3.63) is 24.2 Å². The van der Waals surface area contributed by atoms with Crippen LogP contribution in [-0.2, 0) is 4.74 Å². The molecule has 2 rings (SSSR count). The summed E-state index contributed by atoms with van der Waals surface area (Å²) in [4.78, 5) is 2.48. The maximum Gasteiger partial charge on any atom is 0.120 e. The van der Waals surface area contributed by atoms with Crippen LogP contribution >= 0.6 is 0 Å². The number of nitrogens with one attached hydrogen (secondary N) is 1. The average molecular weight is 280 g/mol. The van der Waals surface area contributed by atoms with Crippen LogP contribution in [-0.4, -0.2) is 42.3 Å². The Kier molecular flexibility index (Phi) is 4.57. The summed E-state index contributed by atoms with van der Waals surface area (Å²) in [6.45, 7) is 14.7. The first-order valence-electron chi connectivity index (χ1n) is 7.47. The van der Waals surface area contributed by atoms with E-state index in [1.807, 2.05) is 12.1 Å². The van der Waals surface area contributed by atoms with Crippen molar-refractivity contribution in [1.29, 1.82) is 0 Å². The van der Waals surface area contributed by atoms with Crippen molar-refractivity contribution >= 4 is 0 Å². The molecule has 1 aliphatic rings. The van der Waals surface area contributed by atoms with Gasteiger partial charge in [0.15, 0.2) is 0 Å². The summed E-state index contributed by atoms with van der Waals surface area (Å²) in [5.41, 5.74) is -0.150. The molecule has 2 heterocycles. The third kappa shape index (κ3) is 4.33. The van der Waals surface area contributed by atoms with Crippen LogP contribution in [0.2, 0.25) is 0 Å². The van der Waals surface area contributed by atoms with E-state index in [1.54, 1.807) is 6.26 Å². The summed E-state index contributed by atoms with van der Waals surface area (Å²) in [5, 5.41) is 3.51. The molecule has 1 unspecified atom stereocenters. The molecule has 1 N–H and O–H groups in total. The first-order chi connectivity index (χ1) is 9.27. The van der Waals surface area contributed by atoms with Crippen LogP contribution in [0.3, 0.4) is 0 Å². The molecule has 0 aromatic carbocycles. The van der Waals surface area contributed by atoms with Crippen LogP contribution in [0.25, 0.3) is 0 Å². The fraction of sp³-hybridized carbons (Fsp3) is 0.750. The quantitative estimate of drug-likeness (QED) is 0.900. The van der Waals surface area contributed by atoms with Gasteiger partial charge in [-0.3, -0.25) is 4.90 Å². The SMILES string of the molecule is CC(NCCN1CC(C)(C)OC(C)(C)C1)c1ccco1. The summed E-state index contributed by atoms with van der Waals surface area (Å²) in [7, 11) is 0. The highest BCUT2D eigenvalue weighted by molar-refractivity contribution is 5.02. The molecule has 1 aromatic rings. The number of rotatable bonds is 5. The summed E-state index contributed by atoms with van der Waals surface area (Å²) in [6, 6.07) is 4.20. The lowest BCUT2D eigenvalue weighted by atomic mass is 9.99. The predicted octanol–water partition coefficient (Wildman–Crippen LogP) is 2.82. The minimum Gasteiger partial charge on any atom is -0.468 e. The van der Waals surface area contributed by atoms with Crippen molar-refractivity contribution in [2.24, 2.45) is 0 Å². The summed E-state index contributed by atoms with van der Waals surface area (Å²) < 4.78 is 11.5. The number of nitrogens with zero attached hydrogens (tertiary/aromatic N) is 1. The molecule has 1 atom stereocenters. The van der Waals surface area contributed by atoms with Crippen LogP contribution in [0, 0.1) is 0 Å². The van der Waals surface area contributed by atoms with Crippen molar-refractivity contribution in [3.63, 3.8) is 0 Å². The zero-order valence-corrected chi connectivity index (χ0v) is 13.4. The molecule has 20 heavy (non-hydrogen) atoms. The van der Waals surface area contributed by atoms with E-state index in [9.17, 15) is 0 Å². The van der Waals surface area contributed by atoms with Gasteiger partial charge in [-0.15, -0.1) is 0 Å². The van der Waals surface area contributed by atoms with Crippen molar-refractivity contribution in [2.75, 3.05) is 26.2 Å². The van der Waals surface area contributed by atoms with E-state index in [-0.39, 0.29) is 17.2 Å². The van der Waals surface area contributed by atoms with Gasteiger partial charge in [-0.2, -0.15) is 0 Å². The van der Waals surface area contributed by atoms with E-state index >= 15 is 0 Å². The molecule has 0 spiro atoms. The van der Waals surface area contributed by atoms with E-state index in [2.05, 4.69) is 44.8 Å². The van der Waals surface area contributed by atoms with Gasteiger partial charge in [-0.05, 0) is 46.8 Å². The Morgan fingerprint density at radius 1 is 1.25 bits per heavy atom. The van der Waals surface area contributed by atoms with Gasteiger partial charge >= 0.3 is 0 Å². The maximum absolute atomic E-state index is 6.10. The van der Waals surface area contributed by atoms with E-state index in [0.717, 1.165) is 31.9 Å². The average Bonchev–Trinajstić information content (AvgIpc) is 2.77. The van der Waals surface area contributed by atoms with E-state index < -0.39 is 0 Å². The highest BCUT2D eigenvalue weighted by Crippen LogP contribution is 2.27. The van der Waals surface area contributed by atoms with Crippen molar-refractivity contribution < 1.29 is 9.15 Å². The summed E-state index contributed by atoms with van der Waals surface area (Å²) in [6.07, 6.45) is 1.72. The minimum absolute atomic E-state index is 0.0750. The molecule has 1 aromatic heterocycles. The summed E-state index contributed by atoms with van der Waals surface area (Å²) >= 11 is 0. The predicted molar refractivity (Wildman–Crippen MR) is 80.8 cm³/mol. The van der Waals surface area contributed by atoms with Crippen molar-refractivity contribution in [3.8, 4) is 0 Å². The van der Waals surface area contributed by atoms with Crippen LogP contribution in [0.1, 0.15) is 46.4 Å². The lowest BCUT2D eigenvalue weighted by molar-refractivity contribution is -0.180. The molecule has 4 heteroatoms. The molecule has 1 fully saturated rings. The molecular formula is C16H28N2O2. The van der Waals surface area contributed by atoms with Crippen molar-refractivity contribution in [2.45, 2.75) is 51.9 Å². The van der Waals surface area contributed by atoms with Gasteiger partial charge in [-0.25, -0.2) is 0 Å². The van der Waals surface area contributed by atoms with Crippen molar-refractivity contribution in [1.82, 2.24) is 10.2 Å². The van der Waals surface area contributed by atoms with Gasteiger partial charge in [0.05, 0.1) is 23.5 Å². The molecule has 0 radical (unpaired) electrons. The van der Waals surface area contributed by atoms with E-state index in [4.69, 9.17) is 9.15 Å². The molecular weight excluding hydrogens is 252 g/mol. The smallest absolute Gasteiger partial charge is 0.120 e. The van der Waals surface area contributed by atoms with Gasteiger partial charge in [0.2, 0.25) is 0 Å². The van der Waals surface area contributed by atoms with Crippen LogP contribution in [0.5, 0.6) is 0 Å². The monoisotopic (exact) mass is 280 g/mol. The van der Waals surface area contributed by atoms with Crippen LogP contribution < -0.4 is 5.32 Å². The Balaban J connectivity index is 1.79. The number of ether oxygens (including phenoxy) is 1. The topological polar surface area (TPSA) is 37.6 Å². The Morgan fingerprint density at radius 2 is 1.90 bits per heavy atom. The number of hydrogen-bond donors (Lipinski definition) is 1. The fourth-order valence-corrected chi connectivity index (χ4v) is 3.18. The second-order valence-corrected chi connectivity index (χ2v) is 7.02. The van der Waals surface area contributed by atoms with Gasteiger partial charge in [0, 0.05) is 26.2 Å². The zero-order valence-electron chi connectivity index (χ0n) is 13.4. The highest BCUT2D eigenvalue weighted by Gasteiger charge is 2.37. The minimum atomic E-state index is -0.0750. The van der Waals surface area contributed by atoms with Gasteiger partial charge in [0.1, 0.15) is 5.76 Å². The van der Waals surface area contributed by atoms with Gasteiger partial charge in [0.25, 0.3) is 0 Å². The van der Waals surface area contributed by atoms with E-state index in [0.29, 0.717) is 0 Å². The molecule has 1 saturated heterocycles. The van der Waals surface area contributed by atoms with Gasteiger partial charge < -0.3 is 14.5 Å². The second kappa shape index (κ2) is 5.88. The highest BCUT2D eigenvalue weighted by atomic mass is 16.5. The number of furan rings is 1.